The number of sulfonamides is 1. The van der Waals surface area contributed by atoms with Crippen LogP contribution in [-0.2, 0) is 10.0 Å². The molecule has 0 bridgehead atoms. The molecule has 3 aromatic rings. The van der Waals surface area contributed by atoms with Crippen LogP contribution in [0.1, 0.15) is 12.8 Å². The minimum Gasteiger partial charge on any atom is -0.493 e. The number of piperidine rings is 1. The Balaban J connectivity index is 1.45. The lowest BCUT2D eigenvalue weighted by Crippen LogP contribution is -2.34. The SMILES string of the molecule is CN1CCCC(COc2cccc(Nc3ncc(F)c(Nc4ccccc4NS(C)(=O)=O)n3)c2)C1. The lowest BCUT2D eigenvalue weighted by Gasteiger charge is -2.29. The number of likely N-dealkylation sites (tertiary alicyclic amines) is 1. The van der Waals surface area contributed by atoms with Crippen LogP contribution in [0.3, 0.4) is 0 Å². The zero-order chi connectivity index (χ0) is 24.8. The Morgan fingerprint density at radius 3 is 2.71 bits per heavy atom. The van der Waals surface area contributed by atoms with Gasteiger partial charge in [-0.2, -0.15) is 4.98 Å². The summed E-state index contributed by atoms with van der Waals surface area (Å²) in [6.45, 7) is 2.81. The predicted octanol–water partition coefficient (Wildman–Crippen LogP) is 4.20. The van der Waals surface area contributed by atoms with Gasteiger partial charge in [-0.25, -0.2) is 17.8 Å². The Labute approximate surface area is 204 Å². The molecule has 9 nitrogen and oxygen atoms in total. The van der Waals surface area contributed by atoms with E-state index in [0.717, 1.165) is 37.7 Å². The number of aromatic nitrogens is 2. The fraction of sp³-hybridized carbons (Fsp3) is 0.333. The molecular weight excluding hydrogens is 471 g/mol. The molecule has 4 rings (SSSR count). The summed E-state index contributed by atoms with van der Waals surface area (Å²) in [5.41, 5.74) is 1.32. The van der Waals surface area contributed by atoms with Crippen LogP contribution < -0.4 is 20.1 Å². The van der Waals surface area contributed by atoms with E-state index in [-0.39, 0.29) is 17.5 Å². The number of ether oxygens (including phenoxy) is 1. The number of para-hydroxylation sites is 2. The quantitative estimate of drug-likeness (QED) is 0.401. The van der Waals surface area contributed by atoms with E-state index < -0.39 is 15.8 Å². The van der Waals surface area contributed by atoms with Crippen molar-refractivity contribution >= 4 is 38.9 Å². The van der Waals surface area contributed by atoms with Crippen molar-refractivity contribution in [1.29, 1.82) is 0 Å². The van der Waals surface area contributed by atoms with E-state index >= 15 is 0 Å². The first kappa shape index (κ1) is 24.7. The summed E-state index contributed by atoms with van der Waals surface area (Å²) >= 11 is 0. The maximum Gasteiger partial charge on any atom is 0.229 e. The van der Waals surface area contributed by atoms with E-state index in [4.69, 9.17) is 4.74 Å². The summed E-state index contributed by atoms with van der Waals surface area (Å²) in [6, 6.07) is 14.0. The van der Waals surface area contributed by atoms with Gasteiger partial charge in [-0.1, -0.05) is 18.2 Å². The first-order valence-electron chi connectivity index (χ1n) is 11.3. The van der Waals surface area contributed by atoms with Crippen LogP contribution in [0.5, 0.6) is 5.75 Å². The zero-order valence-electron chi connectivity index (χ0n) is 19.7. The smallest absolute Gasteiger partial charge is 0.229 e. The molecule has 0 amide bonds. The molecule has 1 atom stereocenters. The van der Waals surface area contributed by atoms with Crippen LogP contribution in [0.15, 0.2) is 54.7 Å². The molecule has 2 heterocycles. The van der Waals surface area contributed by atoms with E-state index in [1.807, 2.05) is 24.3 Å². The third-order valence-corrected chi connectivity index (χ3v) is 6.11. The third-order valence-electron chi connectivity index (χ3n) is 5.52. The monoisotopic (exact) mass is 500 g/mol. The second kappa shape index (κ2) is 10.9. The van der Waals surface area contributed by atoms with Gasteiger partial charge in [0.1, 0.15) is 5.75 Å². The van der Waals surface area contributed by atoms with Gasteiger partial charge in [0, 0.05) is 24.2 Å². The van der Waals surface area contributed by atoms with Gasteiger partial charge in [-0.05, 0) is 50.7 Å². The molecule has 1 aromatic heterocycles. The number of anilines is 5. The Morgan fingerprint density at radius 1 is 1.14 bits per heavy atom. The molecule has 186 valence electrons. The maximum atomic E-state index is 14.5. The van der Waals surface area contributed by atoms with Crippen LogP contribution >= 0.6 is 0 Å². The number of nitrogens with zero attached hydrogens (tertiary/aromatic N) is 3. The summed E-state index contributed by atoms with van der Waals surface area (Å²) < 4.78 is 46.2. The number of benzene rings is 2. The molecule has 1 aliphatic rings. The first-order valence-corrected chi connectivity index (χ1v) is 13.2. The topological polar surface area (TPSA) is 108 Å². The van der Waals surface area contributed by atoms with Gasteiger partial charge in [0.15, 0.2) is 11.6 Å². The highest BCUT2D eigenvalue weighted by atomic mass is 32.2. The molecule has 2 aromatic carbocycles. The highest BCUT2D eigenvalue weighted by molar-refractivity contribution is 7.92. The second-order valence-electron chi connectivity index (χ2n) is 8.67. The summed E-state index contributed by atoms with van der Waals surface area (Å²) in [7, 11) is -1.38. The Kier molecular flexibility index (Phi) is 7.67. The summed E-state index contributed by atoms with van der Waals surface area (Å²) in [4.78, 5) is 10.6. The molecule has 1 unspecified atom stereocenters. The number of halogens is 1. The standard InChI is InChI=1S/C24H29FN6O3S/c1-31-12-6-7-17(15-31)16-34-19-9-5-8-18(13-19)27-24-26-14-20(25)23(29-24)28-21-10-3-4-11-22(21)30-35(2,32)33/h3-5,8-11,13-14,17,30H,6-7,12,15-16H2,1-2H3,(H2,26,27,28,29). The van der Waals surface area contributed by atoms with Crippen LogP contribution in [-0.4, -0.2) is 56.3 Å². The molecule has 3 N–H and O–H groups in total. The van der Waals surface area contributed by atoms with Crippen LogP contribution in [0.4, 0.5) is 33.2 Å². The van der Waals surface area contributed by atoms with Crippen LogP contribution in [0, 0.1) is 11.7 Å². The van der Waals surface area contributed by atoms with Gasteiger partial charge in [-0.3, -0.25) is 4.72 Å². The van der Waals surface area contributed by atoms with Crippen molar-refractivity contribution in [2.24, 2.45) is 5.92 Å². The van der Waals surface area contributed by atoms with Crippen molar-refractivity contribution in [3.8, 4) is 5.75 Å². The van der Waals surface area contributed by atoms with Gasteiger partial charge < -0.3 is 20.3 Å². The first-order chi connectivity index (χ1) is 16.7. The van der Waals surface area contributed by atoms with E-state index in [2.05, 4.69) is 37.3 Å². The fourth-order valence-electron chi connectivity index (χ4n) is 3.94. The highest BCUT2D eigenvalue weighted by Crippen LogP contribution is 2.28. The number of nitrogens with one attached hydrogen (secondary N) is 3. The minimum absolute atomic E-state index is 0.0981. The normalized spacial score (nSPS) is 16.5. The van der Waals surface area contributed by atoms with E-state index in [1.165, 1.54) is 6.42 Å². The molecular formula is C24H29FN6O3S. The van der Waals surface area contributed by atoms with Gasteiger partial charge in [-0.15, -0.1) is 0 Å². The molecule has 1 fully saturated rings. The van der Waals surface area contributed by atoms with Gasteiger partial charge in [0.2, 0.25) is 16.0 Å². The summed E-state index contributed by atoms with van der Waals surface area (Å²) in [5.74, 6) is 0.621. The molecule has 1 saturated heterocycles. The van der Waals surface area contributed by atoms with Crippen molar-refractivity contribution in [1.82, 2.24) is 14.9 Å². The summed E-state index contributed by atoms with van der Waals surface area (Å²) in [6.07, 6.45) is 4.43. The molecule has 11 heteroatoms. The van der Waals surface area contributed by atoms with Crippen LogP contribution in [0.2, 0.25) is 0 Å². The lowest BCUT2D eigenvalue weighted by atomic mass is 10.00. The molecule has 0 radical (unpaired) electrons. The Hall–Kier alpha value is -3.44. The van der Waals surface area contributed by atoms with Crippen molar-refractivity contribution in [3.05, 3.63) is 60.5 Å². The zero-order valence-corrected chi connectivity index (χ0v) is 20.5. The van der Waals surface area contributed by atoms with E-state index in [9.17, 15) is 12.8 Å². The van der Waals surface area contributed by atoms with Crippen molar-refractivity contribution in [3.63, 3.8) is 0 Å². The number of hydrogen-bond acceptors (Lipinski definition) is 8. The fourth-order valence-corrected chi connectivity index (χ4v) is 4.52. The molecule has 0 saturated carbocycles. The maximum absolute atomic E-state index is 14.5. The second-order valence-corrected chi connectivity index (χ2v) is 10.4. The van der Waals surface area contributed by atoms with Crippen molar-refractivity contribution in [2.45, 2.75) is 12.8 Å². The Bertz CT molecular complexity index is 1270. The molecule has 0 spiro atoms. The van der Waals surface area contributed by atoms with Gasteiger partial charge >= 0.3 is 0 Å². The highest BCUT2D eigenvalue weighted by Gasteiger charge is 2.18. The summed E-state index contributed by atoms with van der Waals surface area (Å²) in [5, 5.41) is 5.91. The van der Waals surface area contributed by atoms with Crippen molar-refractivity contribution in [2.75, 3.05) is 48.4 Å². The lowest BCUT2D eigenvalue weighted by molar-refractivity contribution is 0.150. The van der Waals surface area contributed by atoms with E-state index in [0.29, 0.717) is 23.9 Å². The van der Waals surface area contributed by atoms with E-state index in [1.54, 1.807) is 24.3 Å². The molecule has 1 aliphatic heterocycles. The van der Waals surface area contributed by atoms with Gasteiger partial charge in [0.05, 0.1) is 30.4 Å². The van der Waals surface area contributed by atoms with Gasteiger partial charge in [0.25, 0.3) is 0 Å². The average molecular weight is 501 g/mol. The average Bonchev–Trinajstić information content (AvgIpc) is 2.81. The molecule has 35 heavy (non-hydrogen) atoms. The van der Waals surface area contributed by atoms with Crippen molar-refractivity contribution < 1.29 is 17.5 Å². The Morgan fingerprint density at radius 2 is 1.94 bits per heavy atom. The van der Waals surface area contributed by atoms with Crippen LogP contribution in [0.25, 0.3) is 0 Å². The minimum atomic E-state index is -3.51. The number of hydrogen-bond donors (Lipinski definition) is 3. The predicted molar refractivity (Wildman–Crippen MR) is 136 cm³/mol. The molecule has 0 aliphatic carbocycles. The number of rotatable bonds is 9. The third kappa shape index (κ3) is 7.27. The largest absolute Gasteiger partial charge is 0.493 e.